The first kappa shape index (κ1) is 15.8. The summed E-state index contributed by atoms with van der Waals surface area (Å²) in [6, 6.07) is 14.1. The second-order valence-corrected chi connectivity index (χ2v) is 6.57. The summed E-state index contributed by atoms with van der Waals surface area (Å²) in [5, 5.41) is 3.81. The predicted molar refractivity (Wildman–Crippen MR) is 92.3 cm³/mol. The Bertz CT molecular complexity index is 913. The summed E-state index contributed by atoms with van der Waals surface area (Å²) >= 11 is 0. The second kappa shape index (κ2) is 6.28. The molecule has 1 aromatic heterocycles. The molecule has 0 amide bonds. The highest BCUT2D eigenvalue weighted by Gasteiger charge is 2.33. The molecule has 0 spiro atoms. The van der Waals surface area contributed by atoms with Gasteiger partial charge in [-0.3, -0.25) is 4.79 Å². The van der Waals surface area contributed by atoms with E-state index in [1.165, 1.54) is 18.3 Å². The summed E-state index contributed by atoms with van der Waals surface area (Å²) < 4.78 is 19.2. The molecule has 0 radical (unpaired) electrons. The molecule has 0 N–H and O–H groups in total. The van der Waals surface area contributed by atoms with Crippen LogP contribution in [0.1, 0.15) is 64.4 Å². The zero-order valence-electron chi connectivity index (χ0n) is 13.9. The quantitative estimate of drug-likeness (QED) is 0.611. The van der Waals surface area contributed by atoms with Crippen molar-refractivity contribution in [3.63, 3.8) is 0 Å². The molecule has 126 valence electrons. The number of aromatic nitrogens is 1. The van der Waals surface area contributed by atoms with Crippen molar-refractivity contribution in [2.75, 3.05) is 0 Å². The third-order valence-electron chi connectivity index (χ3n) is 4.82. The number of benzene rings is 2. The van der Waals surface area contributed by atoms with E-state index in [0.29, 0.717) is 22.5 Å². The topological polar surface area (TPSA) is 43.1 Å². The van der Waals surface area contributed by atoms with E-state index in [4.69, 9.17) is 4.52 Å². The van der Waals surface area contributed by atoms with E-state index in [2.05, 4.69) is 5.16 Å². The molecule has 1 atom stereocenters. The SMILES string of the molecule is CC(c1ccccc1)c1cc(F)ccc1C(=O)c1cnoc1C1CC1. The van der Waals surface area contributed by atoms with Gasteiger partial charge in [0.25, 0.3) is 0 Å². The van der Waals surface area contributed by atoms with Crippen molar-refractivity contribution in [3.05, 3.63) is 88.6 Å². The largest absolute Gasteiger partial charge is 0.360 e. The molecule has 25 heavy (non-hydrogen) atoms. The third-order valence-corrected chi connectivity index (χ3v) is 4.82. The average Bonchev–Trinajstić information content (AvgIpc) is 3.37. The maximum absolute atomic E-state index is 13.9. The van der Waals surface area contributed by atoms with Gasteiger partial charge in [-0.2, -0.15) is 0 Å². The van der Waals surface area contributed by atoms with Gasteiger partial charge >= 0.3 is 0 Å². The van der Waals surface area contributed by atoms with Gasteiger partial charge < -0.3 is 4.52 Å². The minimum atomic E-state index is -0.345. The molecule has 3 nitrogen and oxygen atoms in total. The normalized spacial score (nSPS) is 15.1. The van der Waals surface area contributed by atoms with Crippen LogP contribution in [0.5, 0.6) is 0 Å². The molecule has 0 bridgehead atoms. The number of hydrogen-bond acceptors (Lipinski definition) is 3. The van der Waals surface area contributed by atoms with Crippen LogP contribution in [0.2, 0.25) is 0 Å². The van der Waals surface area contributed by atoms with Gasteiger partial charge in [-0.25, -0.2) is 4.39 Å². The second-order valence-electron chi connectivity index (χ2n) is 6.57. The molecule has 3 aromatic rings. The first-order chi connectivity index (χ1) is 12.1. The van der Waals surface area contributed by atoms with Gasteiger partial charge in [-0.15, -0.1) is 0 Å². The lowest BCUT2D eigenvalue weighted by Crippen LogP contribution is -2.10. The van der Waals surface area contributed by atoms with Crippen LogP contribution >= 0.6 is 0 Å². The summed E-state index contributed by atoms with van der Waals surface area (Å²) in [5.74, 6) is 0.354. The molecule has 1 aliphatic carbocycles. The van der Waals surface area contributed by atoms with Gasteiger partial charge in [-0.05, 0) is 42.2 Å². The van der Waals surface area contributed by atoms with Gasteiger partial charge in [0, 0.05) is 17.4 Å². The van der Waals surface area contributed by atoms with E-state index >= 15 is 0 Å². The maximum atomic E-state index is 13.9. The number of hydrogen-bond donors (Lipinski definition) is 0. The van der Waals surface area contributed by atoms with Crippen LogP contribution < -0.4 is 0 Å². The first-order valence-corrected chi connectivity index (χ1v) is 8.49. The lowest BCUT2D eigenvalue weighted by Gasteiger charge is -2.16. The minimum absolute atomic E-state index is 0.0971. The number of ketones is 1. The van der Waals surface area contributed by atoms with Gasteiger partial charge in [0.1, 0.15) is 5.82 Å². The molecular weight excluding hydrogens is 317 g/mol. The molecule has 0 saturated heterocycles. The lowest BCUT2D eigenvalue weighted by molar-refractivity contribution is 0.103. The van der Waals surface area contributed by atoms with Crippen LogP contribution in [0.15, 0.2) is 59.3 Å². The van der Waals surface area contributed by atoms with E-state index < -0.39 is 0 Å². The van der Waals surface area contributed by atoms with E-state index in [0.717, 1.165) is 18.4 Å². The fourth-order valence-corrected chi connectivity index (χ4v) is 3.22. The highest BCUT2D eigenvalue weighted by Crippen LogP contribution is 2.42. The van der Waals surface area contributed by atoms with Gasteiger partial charge in [0.2, 0.25) is 0 Å². The van der Waals surface area contributed by atoms with Crippen LogP contribution in [0.4, 0.5) is 4.39 Å². The van der Waals surface area contributed by atoms with Crippen molar-refractivity contribution in [2.24, 2.45) is 0 Å². The zero-order chi connectivity index (χ0) is 17.4. The fraction of sp³-hybridized carbons (Fsp3) is 0.238. The molecule has 2 aromatic carbocycles. The van der Waals surface area contributed by atoms with Crippen molar-refractivity contribution in [2.45, 2.75) is 31.6 Å². The summed E-state index contributed by atoms with van der Waals surface area (Å²) in [4.78, 5) is 13.1. The smallest absolute Gasteiger partial charge is 0.198 e. The van der Waals surface area contributed by atoms with Gasteiger partial charge in [0.15, 0.2) is 11.5 Å². The molecule has 0 aliphatic heterocycles. The van der Waals surface area contributed by atoms with Crippen molar-refractivity contribution >= 4 is 5.78 Å². The summed E-state index contributed by atoms with van der Waals surface area (Å²) in [5.41, 5.74) is 2.72. The summed E-state index contributed by atoms with van der Waals surface area (Å²) in [6.07, 6.45) is 3.52. The first-order valence-electron chi connectivity index (χ1n) is 8.49. The lowest BCUT2D eigenvalue weighted by atomic mass is 9.87. The molecule has 4 heteroatoms. The molecular formula is C21H18FNO2. The minimum Gasteiger partial charge on any atom is -0.360 e. The van der Waals surface area contributed by atoms with Gasteiger partial charge in [-0.1, -0.05) is 42.4 Å². The Morgan fingerprint density at radius 1 is 1.16 bits per heavy atom. The number of rotatable bonds is 5. The third kappa shape index (κ3) is 3.00. The Labute approximate surface area is 145 Å². The highest BCUT2D eigenvalue weighted by atomic mass is 19.1. The number of halogens is 1. The molecule has 1 saturated carbocycles. The fourth-order valence-electron chi connectivity index (χ4n) is 3.22. The average molecular weight is 335 g/mol. The van der Waals surface area contributed by atoms with Crippen molar-refractivity contribution in [1.82, 2.24) is 5.16 Å². The maximum Gasteiger partial charge on any atom is 0.198 e. The van der Waals surface area contributed by atoms with Crippen LogP contribution in [0.25, 0.3) is 0 Å². The van der Waals surface area contributed by atoms with Crippen molar-refractivity contribution < 1.29 is 13.7 Å². The van der Waals surface area contributed by atoms with Crippen molar-refractivity contribution in [1.29, 1.82) is 0 Å². The zero-order valence-corrected chi connectivity index (χ0v) is 13.9. The molecule has 1 heterocycles. The highest BCUT2D eigenvalue weighted by molar-refractivity contribution is 6.10. The number of carbonyl (C=O) groups excluding carboxylic acids is 1. The van der Waals surface area contributed by atoms with Crippen LogP contribution in [-0.4, -0.2) is 10.9 Å². The Balaban J connectivity index is 1.77. The molecule has 4 rings (SSSR count). The van der Waals surface area contributed by atoms with E-state index in [-0.39, 0.29) is 23.4 Å². The standard InChI is InChI=1S/C21H18FNO2/c1-13(14-5-3-2-4-6-14)18-11-16(22)9-10-17(18)20(24)19-12-23-25-21(19)15-7-8-15/h2-6,9-13,15H,7-8H2,1H3. The Morgan fingerprint density at radius 3 is 2.64 bits per heavy atom. The van der Waals surface area contributed by atoms with E-state index in [1.807, 2.05) is 37.3 Å². The van der Waals surface area contributed by atoms with Crippen LogP contribution in [0, 0.1) is 5.82 Å². The molecule has 1 aliphatic rings. The van der Waals surface area contributed by atoms with Crippen molar-refractivity contribution in [3.8, 4) is 0 Å². The molecule has 1 fully saturated rings. The number of nitrogens with zero attached hydrogens (tertiary/aromatic N) is 1. The monoisotopic (exact) mass is 335 g/mol. The Morgan fingerprint density at radius 2 is 1.92 bits per heavy atom. The summed E-state index contributed by atoms with van der Waals surface area (Å²) in [6.45, 7) is 1.98. The van der Waals surface area contributed by atoms with E-state index in [9.17, 15) is 9.18 Å². The van der Waals surface area contributed by atoms with Crippen LogP contribution in [-0.2, 0) is 0 Å². The predicted octanol–water partition coefficient (Wildman–Crippen LogP) is 5.07. The number of carbonyl (C=O) groups is 1. The molecule has 1 unspecified atom stereocenters. The van der Waals surface area contributed by atoms with E-state index in [1.54, 1.807) is 6.07 Å². The van der Waals surface area contributed by atoms with Gasteiger partial charge in [0.05, 0.1) is 11.8 Å². The summed E-state index contributed by atoms with van der Waals surface area (Å²) in [7, 11) is 0. The van der Waals surface area contributed by atoms with Crippen LogP contribution in [0.3, 0.4) is 0 Å². The Hall–Kier alpha value is -2.75. The Kier molecular flexibility index (Phi) is 3.96.